The van der Waals surface area contributed by atoms with Gasteiger partial charge in [-0.3, -0.25) is 0 Å². The predicted octanol–water partition coefficient (Wildman–Crippen LogP) is 14.2. The first-order valence-corrected chi connectivity index (χ1v) is 19.0. The summed E-state index contributed by atoms with van der Waals surface area (Å²) >= 11 is 0. The van der Waals surface area contributed by atoms with Crippen LogP contribution in [0.1, 0.15) is 22.3 Å². The van der Waals surface area contributed by atoms with Crippen LogP contribution in [0.5, 0.6) is 0 Å². The van der Waals surface area contributed by atoms with Gasteiger partial charge in [0.2, 0.25) is 0 Å². The SMILES string of the molecule is c1ccc(-c2cccc(N(c3cccc4c3C3(c5ccccc5-c5ccccc53)c3ccccc3-4)c3cc4ccccc4c4c3oc3ccccc34)c2)cc1. The third-order valence-electron chi connectivity index (χ3n) is 12.0. The highest BCUT2D eigenvalue weighted by Gasteiger charge is 2.53. The number of hydrogen-bond acceptors (Lipinski definition) is 2. The summed E-state index contributed by atoms with van der Waals surface area (Å²) in [5, 5.41) is 4.61. The van der Waals surface area contributed by atoms with E-state index in [-0.39, 0.29) is 0 Å². The molecule has 0 fully saturated rings. The molecule has 256 valence electrons. The van der Waals surface area contributed by atoms with Crippen LogP contribution in [0.3, 0.4) is 0 Å². The van der Waals surface area contributed by atoms with Crippen LogP contribution in [0, 0.1) is 0 Å². The summed E-state index contributed by atoms with van der Waals surface area (Å²) in [5.74, 6) is 0. The molecule has 0 saturated carbocycles. The molecule has 0 saturated heterocycles. The minimum Gasteiger partial charge on any atom is -0.454 e. The van der Waals surface area contributed by atoms with Gasteiger partial charge in [0.05, 0.1) is 16.8 Å². The van der Waals surface area contributed by atoms with Crippen molar-refractivity contribution < 1.29 is 4.42 Å². The number of hydrogen-bond donors (Lipinski definition) is 0. The van der Waals surface area contributed by atoms with Crippen LogP contribution < -0.4 is 4.90 Å². The van der Waals surface area contributed by atoms with Gasteiger partial charge in [-0.2, -0.15) is 0 Å². The van der Waals surface area contributed by atoms with Crippen molar-refractivity contribution in [3.63, 3.8) is 0 Å². The van der Waals surface area contributed by atoms with Crippen molar-refractivity contribution in [2.75, 3.05) is 4.90 Å². The highest BCUT2D eigenvalue weighted by molar-refractivity contribution is 6.23. The molecule has 0 unspecified atom stereocenters. The van der Waals surface area contributed by atoms with Crippen molar-refractivity contribution in [2.24, 2.45) is 0 Å². The lowest BCUT2D eigenvalue weighted by Gasteiger charge is -2.36. The Kier molecular flexibility index (Phi) is 6.29. The van der Waals surface area contributed by atoms with E-state index in [0.29, 0.717) is 0 Å². The van der Waals surface area contributed by atoms with Crippen LogP contribution in [0.4, 0.5) is 17.1 Å². The molecular weight excluding hydrogens is 667 g/mol. The van der Waals surface area contributed by atoms with E-state index in [1.807, 2.05) is 0 Å². The summed E-state index contributed by atoms with van der Waals surface area (Å²) in [6, 6.07) is 73.2. The molecule has 0 aliphatic heterocycles. The van der Waals surface area contributed by atoms with E-state index in [9.17, 15) is 0 Å². The van der Waals surface area contributed by atoms with Crippen molar-refractivity contribution in [2.45, 2.75) is 5.41 Å². The lowest BCUT2D eigenvalue weighted by molar-refractivity contribution is 0.669. The zero-order valence-electron chi connectivity index (χ0n) is 29.9. The minimum atomic E-state index is -0.533. The van der Waals surface area contributed by atoms with Crippen LogP contribution in [-0.4, -0.2) is 0 Å². The topological polar surface area (TPSA) is 16.4 Å². The van der Waals surface area contributed by atoms with E-state index in [4.69, 9.17) is 4.42 Å². The first kappa shape index (κ1) is 30.3. The van der Waals surface area contributed by atoms with Crippen LogP contribution in [0.2, 0.25) is 0 Å². The fourth-order valence-electron chi connectivity index (χ4n) is 9.91. The second kappa shape index (κ2) is 11.4. The molecule has 0 amide bonds. The van der Waals surface area contributed by atoms with E-state index < -0.39 is 5.41 Å². The maximum atomic E-state index is 7.00. The molecule has 2 heteroatoms. The van der Waals surface area contributed by atoms with E-state index in [2.05, 4.69) is 205 Å². The Balaban J connectivity index is 1.25. The summed E-state index contributed by atoms with van der Waals surface area (Å²) in [7, 11) is 0. The highest BCUT2D eigenvalue weighted by Crippen LogP contribution is 2.65. The zero-order chi connectivity index (χ0) is 36.1. The van der Waals surface area contributed by atoms with Gasteiger partial charge in [-0.1, -0.05) is 170 Å². The molecule has 0 bridgehead atoms. The molecule has 0 N–H and O–H groups in total. The van der Waals surface area contributed by atoms with Crippen molar-refractivity contribution >= 4 is 49.8 Å². The molecule has 10 aromatic rings. The molecule has 2 aliphatic rings. The van der Waals surface area contributed by atoms with Gasteiger partial charge in [0.1, 0.15) is 5.58 Å². The largest absolute Gasteiger partial charge is 0.454 e. The average molecular weight is 700 g/mol. The Morgan fingerprint density at radius 3 is 1.71 bits per heavy atom. The second-order valence-corrected chi connectivity index (χ2v) is 14.8. The highest BCUT2D eigenvalue weighted by atomic mass is 16.3. The van der Waals surface area contributed by atoms with Gasteiger partial charge in [-0.05, 0) is 91.2 Å². The van der Waals surface area contributed by atoms with Gasteiger partial charge in [0, 0.05) is 22.0 Å². The summed E-state index contributed by atoms with van der Waals surface area (Å²) < 4.78 is 7.00. The quantitative estimate of drug-likeness (QED) is 0.182. The van der Waals surface area contributed by atoms with Crippen LogP contribution in [0.15, 0.2) is 205 Å². The Morgan fingerprint density at radius 1 is 0.400 bits per heavy atom. The van der Waals surface area contributed by atoms with Gasteiger partial charge in [-0.25, -0.2) is 0 Å². The molecule has 2 aliphatic carbocycles. The Labute approximate surface area is 319 Å². The van der Waals surface area contributed by atoms with Gasteiger partial charge < -0.3 is 9.32 Å². The van der Waals surface area contributed by atoms with Gasteiger partial charge in [-0.15, -0.1) is 0 Å². The first-order chi connectivity index (χ1) is 27.3. The second-order valence-electron chi connectivity index (χ2n) is 14.8. The Bertz CT molecular complexity index is 3110. The van der Waals surface area contributed by atoms with E-state index >= 15 is 0 Å². The van der Waals surface area contributed by atoms with Crippen molar-refractivity contribution in [3.8, 4) is 33.4 Å². The number of fused-ring (bicyclic) bond motifs is 15. The molecule has 1 heterocycles. The maximum Gasteiger partial charge on any atom is 0.160 e. The normalized spacial score (nSPS) is 13.2. The van der Waals surface area contributed by atoms with Crippen LogP contribution >= 0.6 is 0 Å². The zero-order valence-corrected chi connectivity index (χ0v) is 29.9. The fraction of sp³-hybridized carbons (Fsp3) is 0.0189. The molecule has 0 radical (unpaired) electrons. The average Bonchev–Trinajstić information content (AvgIpc) is 3.90. The number of anilines is 3. The minimum absolute atomic E-state index is 0.533. The molecule has 0 atom stereocenters. The smallest absolute Gasteiger partial charge is 0.160 e. The first-order valence-electron chi connectivity index (χ1n) is 19.0. The summed E-state index contributed by atoms with van der Waals surface area (Å²) in [6.45, 7) is 0. The lowest BCUT2D eigenvalue weighted by Crippen LogP contribution is -2.28. The molecule has 12 rings (SSSR count). The van der Waals surface area contributed by atoms with Crippen molar-refractivity contribution in [1.29, 1.82) is 0 Å². The molecule has 1 aromatic heterocycles. The standard InChI is InChI=1S/C53H33NO/c1-2-16-34(17-3-1)35-19-14-20-37(32-35)54(48-33-36-18-4-5-21-38(36)50-43-25-9-13-31-49(43)55-52(48)50)47-30-15-26-42-41-24-8-12-29-46(41)53(51(42)47)44-27-10-6-22-39(44)40-23-7-11-28-45(40)53/h1-33H. The predicted molar refractivity (Wildman–Crippen MR) is 228 cm³/mol. The van der Waals surface area contributed by atoms with E-state index in [1.54, 1.807) is 0 Å². The fourth-order valence-corrected chi connectivity index (χ4v) is 9.91. The monoisotopic (exact) mass is 699 g/mol. The van der Waals surface area contributed by atoms with Gasteiger partial charge >= 0.3 is 0 Å². The molecule has 1 spiro atoms. The number of benzene rings is 9. The van der Waals surface area contributed by atoms with Crippen LogP contribution in [-0.2, 0) is 5.41 Å². The maximum absolute atomic E-state index is 7.00. The van der Waals surface area contributed by atoms with Gasteiger partial charge in [0.25, 0.3) is 0 Å². The number of rotatable bonds is 4. The van der Waals surface area contributed by atoms with Crippen molar-refractivity contribution in [1.82, 2.24) is 0 Å². The molecule has 9 aromatic carbocycles. The molecule has 2 nitrogen and oxygen atoms in total. The molecular formula is C53H33NO. The third kappa shape index (κ3) is 4.08. The summed E-state index contributed by atoms with van der Waals surface area (Å²) in [6.07, 6.45) is 0. The van der Waals surface area contributed by atoms with Crippen LogP contribution in [0.25, 0.3) is 66.1 Å². The molecule has 55 heavy (non-hydrogen) atoms. The summed E-state index contributed by atoms with van der Waals surface area (Å²) in [4.78, 5) is 2.49. The van der Waals surface area contributed by atoms with Gasteiger partial charge in [0.15, 0.2) is 5.58 Å². The lowest BCUT2D eigenvalue weighted by atomic mass is 9.70. The van der Waals surface area contributed by atoms with Crippen molar-refractivity contribution in [3.05, 3.63) is 222 Å². The third-order valence-corrected chi connectivity index (χ3v) is 12.0. The van der Waals surface area contributed by atoms with E-state index in [1.165, 1.54) is 60.8 Å². The number of nitrogens with zero attached hydrogens (tertiary/aromatic N) is 1. The number of para-hydroxylation sites is 1. The Morgan fingerprint density at radius 2 is 0.964 bits per heavy atom. The Hall–Kier alpha value is -7.16. The van der Waals surface area contributed by atoms with E-state index in [0.717, 1.165) is 44.6 Å². The summed E-state index contributed by atoms with van der Waals surface area (Å²) in [5.41, 5.74) is 17.1. The number of furan rings is 1.